The van der Waals surface area contributed by atoms with Crippen molar-refractivity contribution in [1.82, 2.24) is 20.4 Å². The monoisotopic (exact) mass is 458 g/mol. The van der Waals surface area contributed by atoms with Gasteiger partial charge in [-0.15, -0.1) is 0 Å². The van der Waals surface area contributed by atoms with Crippen LogP contribution >= 0.6 is 11.8 Å². The van der Waals surface area contributed by atoms with E-state index in [0.29, 0.717) is 18.3 Å². The van der Waals surface area contributed by atoms with Crippen molar-refractivity contribution in [1.29, 1.82) is 0 Å². The van der Waals surface area contributed by atoms with E-state index in [9.17, 15) is 4.79 Å². The van der Waals surface area contributed by atoms with E-state index in [1.54, 1.807) is 7.11 Å². The highest BCUT2D eigenvalue weighted by molar-refractivity contribution is 7.99. The molecule has 2 heterocycles. The number of carbonyl (C=O) groups is 1. The molecule has 1 aromatic carbocycles. The van der Waals surface area contributed by atoms with Gasteiger partial charge >= 0.3 is 0 Å². The minimum atomic E-state index is 0.114. The third-order valence-corrected chi connectivity index (χ3v) is 7.82. The summed E-state index contributed by atoms with van der Waals surface area (Å²) in [4.78, 5) is 19.3. The molecule has 1 aliphatic heterocycles. The lowest BCUT2D eigenvalue weighted by Gasteiger charge is -2.30. The van der Waals surface area contributed by atoms with E-state index in [1.165, 1.54) is 32.1 Å². The Balaban J connectivity index is 1.15. The highest BCUT2D eigenvalue weighted by Crippen LogP contribution is 2.28. The fourth-order valence-corrected chi connectivity index (χ4v) is 5.72. The van der Waals surface area contributed by atoms with Crippen molar-refractivity contribution in [2.24, 2.45) is 5.92 Å². The van der Waals surface area contributed by atoms with Crippen LogP contribution in [0.25, 0.3) is 11.4 Å². The number of aromatic nitrogens is 2. The molecule has 1 amide bonds. The number of carbonyl (C=O) groups excluding carboxylic acids is 1. The van der Waals surface area contributed by atoms with E-state index in [2.05, 4.69) is 20.4 Å². The number of nitrogens with zero attached hydrogens (tertiary/aromatic N) is 3. The van der Waals surface area contributed by atoms with Crippen molar-refractivity contribution in [3.63, 3.8) is 0 Å². The number of hydrogen-bond donors (Lipinski definition) is 1. The van der Waals surface area contributed by atoms with Gasteiger partial charge in [-0.3, -0.25) is 9.69 Å². The summed E-state index contributed by atoms with van der Waals surface area (Å²) in [6.07, 6.45) is 8.58. The molecule has 1 aromatic heterocycles. The molecule has 0 bridgehead atoms. The number of benzene rings is 1. The van der Waals surface area contributed by atoms with Crippen molar-refractivity contribution < 1.29 is 14.1 Å². The molecule has 174 valence electrons. The summed E-state index contributed by atoms with van der Waals surface area (Å²) in [5, 5.41) is 8.07. The number of amides is 1. The Kier molecular flexibility index (Phi) is 8.45. The summed E-state index contributed by atoms with van der Waals surface area (Å²) >= 11 is 2.04. The number of piperidine rings is 1. The Morgan fingerprint density at radius 3 is 2.62 bits per heavy atom. The zero-order chi connectivity index (χ0) is 22.2. The van der Waals surface area contributed by atoms with Crippen molar-refractivity contribution in [2.45, 2.75) is 56.7 Å². The molecule has 1 N–H and O–H groups in total. The van der Waals surface area contributed by atoms with Crippen LogP contribution < -0.4 is 10.1 Å². The molecule has 0 unspecified atom stereocenters. The first-order valence-electron chi connectivity index (χ1n) is 11.8. The standard InChI is InChI=1S/C24H34N4O3S/c1-30-20-9-7-18(8-10-20)23-26-22(31-27-23)17-28-14-11-19(12-15-28)24(29)25-13-16-32-21-5-3-2-4-6-21/h7-10,19,21H,2-6,11-17H2,1H3,(H,25,29). The summed E-state index contributed by atoms with van der Waals surface area (Å²) in [5.41, 5.74) is 0.901. The first-order chi connectivity index (χ1) is 15.7. The molecule has 7 nitrogen and oxygen atoms in total. The molecule has 0 atom stereocenters. The third kappa shape index (κ3) is 6.48. The second kappa shape index (κ2) is 11.7. The van der Waals surface area contributed by atoms with Gasteiger partial charge in [0.05, 0.1) is 13.7 Å². The van der Waals surface area contributed by atoms with Gasteiger partial charge in [-0.2, -0.15) is 16.7 Å². The van der Waals surface area contributed by atoms with Crippen LogP contribution in [0.5, 0.6) is 5.75 Å². The molecule has 0 radical (unpaired) electrons. The third-order valence-electron chi connectivity index (χ3n) is 6.44. The molecule has 1 saturated carbocycles. The predicted molar refractivity (Wildman–Crippen MR) is 127 cm³/mol. The molecule has 2 aliphatic rings. The number of ether oxygens (including phenoxy) is 1. The Morgan fingerprint density at radius 2 is 1.91 bits per heavy atom. The van der Waals surface area contributed by atoms with Crippen LogP contribution in [0.3, 0.4) is 0 Å². The zero-order valence-electron chi connectivity index (χ0n) is 18.9. The maximum Gasteiger partial charge on any atom is 0.241 e. The molecule has 1 aliphatic carbocycles. The number of nitrogens with one attached hydrogen (secondary N) is 1. The second-order valence-electron chi connectivity index (χ2n) is 8.71. The molecular weight excluding hydrogens is 424 g/mol. The number of thioether (sulfide) groups is 1. The maximum absolute atomic E-state index is 12.5. The van der Waals surface area contributed by atoms with E-state index >= 15 is 0 Å². The van der Waals surface area contributed by atoms with Crippen molar-refractivity contribution in [3.05, 3.63) is 30.2 Å². The largest absolute Gasteiger partial charge is 0.497 e. The quantitative estimate of drug-likeness (QED) is 0.566. The van der Waals surface area contributed by atoms with Gasteiger partial charge in [0.1, 0.15) is 5.75 Å². The predicted octanol–water partition coefficient (Wildman–Crippen LogP) is 4.14. The number of methoxy groups -OCH3 is 1. The van der Waals surface area contributed by atoms with Crippen LogP contribution in [0, 0.1) is 5.92 Å². The minimum absolute atomic E-state index is 0.114. The van der Waals surface area contributed by atoms with Crippen molar-refractivity contribution >= 4 is 17.7 Å². The molecule has 1 saturated heterocycles. The Morgan fingerprint density at radius 1 is 1.16 bits per heavy atom. The smallest absolute Gasteiger partial charge is 0.241 e. The normalized spacial score (nSPS) is 18.5. The topological polar surface area (TPSA) is 80.5 Å². The van der Waals surface area contributed by atoms with Gasteiger partial charge in [0.2, 0.25) is 17.6 Å². The van der Waals surface area contributed by atoms with Crippen LogP contribution in [-0.4, -0.2) is 58.7 Å². The number of likely N-dealkylation sites (tertiary alicyclic amines) is 1. The van der Waals surface area contributed by atoms with Gasteiger partial charge in [-0.25, -0.2) is 0 Å². The average Bonchev–Trinajstić information content (AvgIpc) is 3.31. The SMILES string of the molecule is COc1ccc(-c2noc(CN3CCC(C(=O)NCCSC4CCCCC4)CC3)n2)cc1. The molecular formula is C24H34N4O3S. The summed E-state index contributed by atoms with van der Waals surface area (Å²) in [6, 6.07) is 7.61. The van der Waals surface area contributed by atoms with Crippen LogP contribution in [0.15, 0.2) is 28.8 Å². The van der Waals surface area contributed by atoms with Crippen LogP contribution in [0.1, 0.15) is 50.8 Å². The fourth-order valence-electron chi connectivity index (χ4n) is 4.50. The van der Waals surface area contributed by atoms with E-state index in [1.807, 2.05) is 36.0 Å². The van der Waals surface area contributed by atoms with Gasteiger partial charge in [0, 0.05) is 29.0 Å². The van der Waals surface area contributed by atoms with Crippen LogP contribution in [-0.2, 0) is 11.3 Å². The molecule has 8 heteroatoms. The van der Waals surface area contributed by atoms with Gasteiger partial charge < -0.3 is 14.6 Å². The fraction of sp³-hybridized carbons (Fsp3) is 0.625. The molecule has 4 rings (SSSR count). The van der Waals surface area contributed by atoms with E-state index in [4.69, 9.17) is 9.26 Å². The lowest BCUT2D eigenvalue weighted by Crippen LogP contribution is -2.40. The molecule has 2 fully saturated rings. The average molecular weight is 459 g/mol. The first-order valence-corrected chi connectivity index (χ1v) is 12.8. The highest BCUT2D eigenvalue weighted by Gasteiger charge is 2.26. The zero-order valence-corrected chi connectivity index (χ0v) is 19.7. The highest BCUT2D eigenvalue weighted by atomic mass is 32.2. The first kappa shape index (κ1) is 23.1. The second-order valence-corrected chi connectivity index (χ2v) is 10.1. The molecule has 0 spiro atoms. The van der Waals surface area contributed by atoms with E-state index in [0.717, 1.165) is 54.8 Å². The summed E-state index contributed by atoms with van der Waals surface area (Å²) < 4.78 is 10.6. The Hall–Kier alpha value is -2.06. The number of hydrogen-bond acceptors (Lipinski definition) is 7. The van der Waals surface area contributed by atoms with Gasteiger partial charge in [0.15, 0.2) is 0 Å². The minimum Gasteiger partial charge on any atom is -0.497 e. The molecule has 2 aromatic rings. The lowest BCUT2D eigenvalue weighted by atomic mass is 9.96. The summed E-state index contributed by atoms with van der Waals surface area (Å²) in [5.74, 6) is 3.36. The summed E-state index contributed by atoms with van der Waals surface area (Å²) in [7, 11) is 1.64. The van der Waals surface area contributed by atoms with Crippen LogP contribution in [0.2, 0.25) is 0 Å². The van der Waals surface area contributed by atoms with Crippen LogP contribution in [0.4, 0.5) is 0 Å². The Bertz CT molecular complexity index is 843. The van der Waals surface area contributed by atoms with Gasteiger partial charge in [-0.1, -0.05) is 24.4 Å². The molecule has 32 heavy (non-hydrogen) atoms. The van der Waals surface area contributed by atoms with Crippen molar-refractivity contribution in [2.75, 3.05) is 32.5 Å². The Labute approximate surface area is 194 Å². The van der Waals surface area contributed by atoms with Gasteiger partial charge in [-0.05, 0) is 63.0 Å². The lowest BCUT2D eigenvalue weighted by molar-refractivity contribution is -0.126. The van der Waals surface area contributed by atoms with E-state index in [-0.39, 0.29) is 11.8 Å². The maximum atomic E-state index is 12.5. The van der Waals surface area contributed by atoms with Crippen molar-refractivity contribution in [3.8, 4) is 17.1 Å². The summed E-state index contributed by atoms with van der Waals surface area (Å²) in [6.45, 7) is 3.15. The van der Waals surface area contributed by atoms with Gasteiger partial charge in [0.25, 0.3) is 0 Å². The number of rotatable bonds is 9. The van der Waals surface area contributed by atoms with E-state index < -0.39 is 0 Å².